The van der Waals surface area contributed by atoms with Gasteiger partial charge in [-0.25, -0.2) is 4.79 Å². The van der Waals surface area contributed by atoms with Gasteiger partial charge in [0, 0.05) is 35.1 Å². The summed E-state index contributed by atoms with van der Waals surface area (Å²) < 4.78 is 5.46. The number of ether oxygens (including phenoxy) is 1. The van der Waals surface area contributed by atoms with Gasteiger partial charge in [-0.2, -0.15) is 0 Å². The van der Waals surface area contributed by atoms with Crippen LogP contribution in [0.4, 0.5) is 17.1 Å². The Morgan fingerprint density at radius 3 is 2.58 bits per heavy atom. The van der Waals surface area contributed by atoms with Crippen LogP contribution < -0.4 is 5.32 Å². The zero-order valence-electron chi connectivity index (χ0n) is 21.9. The van der Waals surface area contributed by atoms with Crippen LogP contribution in [0, 0.1) is 32.1 Å². The molecule has 1 aliphatic carbocycles. The predicted molar refractivity (Wildman–Crippen MR) is 154 cm³/mol. The molecule has 3 aromatic rings. The maximum absolute atomic E-state index is 12.8. The highest BCUT2D eigenvalue weighted by Crippen LogP contribution is 2.58. The highest BCUT2D eigenvalue weighted by molar-refractivity contribution is 8.00. The summed E-state index contributed by atoms with van der Waals surface area (Å²) in [5.74, 6) is -0.506. The molecule has 0 saturated heterocycles. The number of halogens is 1. The molecule has 5 atom stereocenters. The van der Waals surface area contributed by atoms with Crippen LogP contribution in [0.5, 0.6) is 0 Å². The number of hydrogen-bond donors (Lipinski definition) is 1. The highest BCUT2D eigenvalue weighted by Gasteiger charge is 2.50. The predicted octanol–water partition coefficient (Wildman–Crippen LogP) is 7.35. The van der Waals surface area contributed by atoms with Crippen molar-refractivity contribution in [1.29, 1.82) is 0 Å². The van der Waals surface area contributed by atoms with E-state index in [4.69, 9.17) is 16.3 Å². The van der Waals surface area contributed by atoms with Crippen molar-refractivity contribution in [1.82, 2.24) is 0 Å². The van der Waals surface area contributed by atoms with Crippen LogP contribution in [-0.4, -0.2) is 33.0 Å². The van der Waals surface area contributed by atoms with Gasteiger partial charge >= 0.3 is 5.97 Å². The van der Waals surface area contributed by atoms with Gasteiger partial charge in [-0.1, -0.05) is 38.1 Å². The summed E-state index contributed by atoms with van der Waals surface area (Å²) in [5, 5.41) is 26.1. The topological polar surface area (TPSA) is 125 Å². The zero-order valence-corrected chi connectivity index (χ0v) is 23.4. The molecule has 0 spiro atoms. The molecule has 0 aromatic heterocycles. The van der Waals surface area contributed by atoms with Crippen LogP contribution in [-0.2, 0) is 4.74 Å². The first-order valence-corrected chi connectivity index (χ1v) is 14.3. The maximum atomic E-state index is 12.8. The van der Waals surface area contributed by atoms with E-state index in [0.717, 1.165) is 16.8 Å². The molecule has 5 unspecified atom stereocenters. The summed E-state index contributed by atoms with van der Waals surface area (Å²) in [6.45, 7) is 4.24. The Kier molecular flexibility index (Phi) is 8.00. The highest BCUT2D eigenvalue weighted by atomic mass is 35.5. The Morgan fingerprint density at radius 1 is 1.07 bits per heavy atom. The van der Waals surface area contributed by atoms with Gasteiger partial charge in [0.2, 0.25) is 0 Å². The van der Waals surface area contributed by atoms with E-state index < -0.39 is 21.2 Å². The first kappa shape index (κ1) is 27.9. The SMILES string of the molecule is CC(C)COC(=O)c1ccc2c(c1)C1C(Cl)C(Sc3ccccc3[N+](=O)[O-])CC1C(c1cccc([N+](=O)[O-])c1)N2. The van der Waals surface area contributed by atoms with Gasteiger partial charge in [0.05, 0.1) is 38.3 Å². The molecule has 3 aromatic carbocycles. The number of nitrogens with one attached hydrogen (secondary N) is 1. The normalized spacial score (nSPS) is 23.1. The third kappa shape index (κ3) is 5.51. The van der Waals surface area contributed by atoms with Crippen molar-refractivity contribution in [2.45, 2.75) is 47.8 Å². The minimum absolute atomic E-state index is 0.00357. The minimum atomic E-state index is -0.418. The van der Waals surface area contributed by atoms with E-state index >= 15 is 0 Å². The third-order valence-corrected chi connectivity index (χ3v) is 9.49. The summed E-state index contributed by atoms with van der Waals surface area (Å²) in [6.07, 6.45) is 0.609. The largest absolute Gasteiger partial charge is 0.462 e. The minimum Gasteiger partial charge on any atom is -0.462 e. The molecule has 1 fully saturated rings. The van der Waals surface area contributed by atoms with Crippen molar-refractivity contribution in [2.75, 3.05) is 11.9 Å². The van der Waals surface area contributed by atoms with Crippen molar-refractivity contribution in [2.24, 2.45) is 11.8 Å². The number of carbonyl (C=O) groups is 1. The van der Waals surface area contributed by atoms with Crippen LogP contribution in [0.1, 0.15) is 53.7 Å². The number of esters is 1. The van der Waals surface area contributed by atoms with Gasteiger partial charge in [0.15, 0.2) is 0 Å². The Balaban J connectivity index is 1.54. The summed E-state index contributed by atoms with van der Waals surface area (Å²) in [7, 11) is 0. The molecule has 9 nitrogen and oxygen atoms in total. The molecule has 0 bridgehead atoms. The number of hydrogen-bond acceptors (Lipinski definition) is 8. The van der Waals surface area contributed by atoms with Gasteiger partial charge in [0.1, 0.15) is 0 Å². The van der Waals surface area contributed by atoms with Gasteiger partial charge in [-0.15, -0.1) is 23.4 Å². The summed E-state index contributed by atoms with van der Waals surface area (Å²) >= 11 is 8.57. The molecular formula is C29H28ClN3O6S. The first-order valence-electron chi connectivity index (χ1n) is 13.0. The number of nitro groups is 2. The van der Waals surface area contributed by atoms with Crippen LogP contribution >= 0.6 is 23.4 Å². The molecule has 40 heavy (non-hydrogen) atoms. The lowest BCUT2D eigenvalue weighted by Crippen LogP contribution is -2.31. The van der Waals surface area contributed by atoms with Crippen molar-refractivity contribution >= 4 is 46.4 Å². The summed E-state index contributed by atoms with van der Waals surface area (Å²) in [5.41, 5.74) is 2.87. The standard InChI is InChI=1S/C29H28ClN3O6S/c1-16(2)15-39-29(34)18-10-11-22-20(13-18)26-21(28(31-22)17-6-5-7-19(12-17)32(35)36)14-25(27(26)30)40-24-9-4-3-8-23(24)33(37)38/h3-13,16,21,25-28,31H,14-15H2,1-2H3. The molecule has 1 saturated carbocycles. The van der Waals surface area contributed by atoms with E-state index in [0.29, 0.717) is 23.5 Å². The van der Waals surface area contributed by atoms with Crippen LogP contribution in [0.15, 0.2) is 71.6 Å². The number of anilines is 1. The molecule has 1 heterocycles. The Bertz CT molecular complexity index is 1470. The fourth-order valence-corrected chi connectivity index (χ4v) is 7.55. The molecule has 5 rings (SSSR count). The number of thioether (sulfide) groups is 1. The smallest absolute Gasteiger partial charge is 0.338 e. The third-order valence-electron chi connectivity index (χ3n) is 7.38. The zero-order chi connectivity index (χ0) is 28.6. The van der Waals surface area contributed by atoms with E-state index in [9.17, 15) is 25.0 Å². The summed E-state index contributed by atoms with van der Waals surface area (Å²) in [4.78, 5) is 35.7. The monoisotopic (exact) mass is 581 g/mol. The van der Waals surface area contributed by atoms with E-state index in [2.05, 4.69) is 5.32 Å². The van der Waals surface area contributed by atoms with Gasteiger partial charge in [-0.3, -0.25) is 20.2 Å². The van der Waals surface area contributed by atoms with Crippen LogP contribution in [0.25, 0.3) is 0 Å². The first-order chi connectivity index (χ1) is 19.1. The molecular weight excluding hydrogens is 554 g/mol. The number of nitro benzene ring substituents is 2. The average molecular weight is 582 g/mol. The van der Waals surface area contributed by atoms with E-state index in [1.807, 2.05) is 32.0 Å². The van der Waals surface area contributed by atoms with E-state index in [1.165, 1.54) is 23.9 Å². The average Bonchev–Trinajstić information content (AvgIpc) is 3.27. The second-order valence-electron chi connectivity index (χ2n) is 10.5. The Morgan fingerprint density at radius 2 is 1.85 bits per heavy atom. The molecule has 0 radical (unpaired) electrons. The van der Waals surface area contributed by atoms with Crippen LogP contribution in [0.3, 0.4) is 0 Å². The van der Waals surface area contributed by atoms with Crippen molar-refractivity contribution in [3.63, 3.8) is 0 Å². The molecule has 208 valence electrons. The number of rotatable bonds is 8. The Hall–Kier alpha value is -3.63. The van der Waals surface area contributed by atoms with Gasteiger partial charge < -0.3 is 10.1 Å². The lowest BCUT2D eigenvalue weighted by molar-refractivity contribution is -0.387. The second-order valence-corrected chi connectivity index (χ2v) is 12.3. The number of para-hydroxylation sites is 1. The van der Waals surface area contributed by atoms with Gasteiger partial charge in [-0.05, 0) is 53.6 Å². The number of carbonyl (C=O) groups excluding carboxylic acids is 1. The van der Waals surface area contributed by atoms with Crippen molar-refractivity contribution < 1.29 is 19.4 Å². The van der Waals surface area contributed by atoms with E-state index in [-0.39, 0.29) is 40.4 Å². The second kappa shape index (κ2) is 11.5. The quantitative estimate of drug-likeness (QED) is 0.127. The summed E-state index contributed by atoms with van der Waals surface area (Å²) in [6, 6.07) is 18.2. The van der Waals surface area contributed by atoms with Crippen molar-refractivity contribution in [3.8, 4) is 0 Å². The van der Waals surface area contributed by atoms with E-state index in [1.54, 1.807) is 36.4 Å². The fourth-order valence-electron chi connectivity index (χ4n) is 5.60. The Labute approximate surface area is 240 Å². The molecule has 1 aliphatic heterocycles. The lowest BCUT2D eigenvalue weighted by atomic mass is 9.76. The number of fused-ring (bicyclic) bond motifs is 3. The molecule has 2 aliphatic rings. The number of nitrogens with zero attached hydrogens (tertiary/aromatic N) is 2. The number of benzene rings is 3. The maximum Gasteiger partial charge on any atom is 0.338 e. The number of alkyl halides is 1. The van der Waals surface area contributed by atoms with Crippen LogP contribution in [0.2, 0.25) is 0 Å². The fraction of sp³-hybridized carbons (Fsp3) is 0.345. The lowest BCUT2D eigenvalue weighted by Gasteiger charge is -2.38. The van der Waals surface area contributed by atoms with Crippen molar-refractivity contribution in [3.05, 3.63) is 104 Å². The molecule has 11 heteroatoms. The molecule has 1 N–H and O–H groups in total. The number of non-ortho nitro benzene ring substituents is 1. The molecule has 0 amide bonds. The van der Waals surface area contributed by atoms with Gasteiger partial charge in [0.25, 0.3) is 11.4 Å².